The summed E-state index contributed by atoms with van der Waals surface area (Å²) in [5.74, 6) is 0.939. The predicted octanol–water partition coefficient (Wildman–Crippen LogP) is 3.19. The van der Waals surface area contributed by atoms with E-state index in [1.54, 1.807) is 0 Å². The first kappa shape index (κ1) is 22.3. The number of amides is 1. The van der Waals surface area contributed by atoms with Crippen molar-refractivity contribution in [2.24, 2.45) is 5.92 Å². The van der Waals surface area contributed by atoms with Crippen LogP contribution in [0.5, 0.6) is 0 Å². The van der Waals surface area contributed by atoms with E-state index in [0.29, 0.717) is 18.4 Å². The zero-order valence-electron chi connectivity index (χ0n) is 18.8. The SMILES string of the molecule is CCCn1cc(CN2CCC(CCC(=O)NCC3CCCN3CC)CC2)c(C)n1. The van der Waals surface area contributed by atoms with Crippen LogP contribution in [-0.4, -0.2) is 64.3 Å². The molecule has 0 aliphatic carbocycles. The van der Waals surface area contributed by atoms with Crippen molar-refractivity contribution in [3.05, 3.63) is 17.5 Å². The number of hydrogen-bond donors (Lipinski definition) is 1. The van der Waals surface area contributed by atoms with Crippen molar-refractivity contribution in [1.29, 1.82) is 0 Å². The number of aryl methyl sites for hydroxylation is 2. The van der Waals surface area contributed by atoms with Gasteiger partial charge in [0.25, 0.3) is 0 Å². The topological polar surface area (TPSA) is 53.4 Å². The normalized spacial score (nSPS) is 21.7. The lowest BCUT2D eigenvalue weighted by molar-refractivity contribution is -0.121. The molecule has 1 N–H and O–H groups in total. The van der Waals surface area contributed by atoms with Crippen molar-refractivity contribution in [2.45, 2.75) is 84.8 Å². The number of likely N-dealkylation sites (tertiary alicyclic amines) is 2. The Morgan fingerprint density at radius 3 is 2.72 bits per heavy atom. The first-order valence-corrected chi connectivity index (χ1v) is 11.8. The molecule has 29 heavy (non-hydrogen) atoms. The Morgan fingerprint density at radius 2 is 2.00 bits per heavy atom. The summed E-state index contributed by atoms with van der Waals surface area (Å²) in [5.41, 5.74) is 2.53. The molecule has 3 rings (SSSR count). The maximum atomic E-state index is 12.3. The summed E-state index contributed by atoms with van der Waals surface area (Å²) in [7, 11) is 0. The maximum Gasteiger partial charge on any atom is 0.220 e. The lowest BCUT2D eigenvalue weighted by atomic mass is 9.92. The van der Waals surface area contributed by atoms with Gasteiger partial charge in [-0.1, -0.05) is 13.8 Å². The number of hydrogen-bond acceptors (Lipinski definition) is 4. The summed E-state index contributed by atoms with van der Waals surface area (Å²) in [5, 5.41) is 7.82. The minimum absolute atomic E-state index is 0.245. The summed E-state index contributed by atoms with van der Waals surface area (Å²) < 4.78 is 2.08. The highest BCUT2D eigenvalue weighted by atomic mass is 16.1. The lowest BCUT2D eigenvalue weighted by Crippen LogP contribution is -2.40. The third-order valence-corrected chi connectivity index (χ3v) is 6.82. The number of carbonyl (C=O) groups excluding carboxylic acids is 1. The van der Waals surface area contributed by atoms with E-state index < -0.39 is 0 Å². The van der Waals surface area contributed by atoms with Crippen LogP contribution in [0.4, 0.5) is 0 Å². The van der Waals surface area contributed by atoms with Gasteiger partial charge in [0.2, 0.25) is 5.91 Å². The van der Waals surface area contributed by atoms with Gasteiger partial charge in [-0.2, -0.15) is 5.10 Å². The smallest absolute Gasteiger partial charge is 0.220 e. The Bertz CT molecular complexity index is 635. The first-order valence-electron chi connectivity index (χ1n) is 11.8. The Hall–Kier alpha value is -1.40. The van der Waals surface area contributed by atoms with Gasteiger partial charge in [-0.25, -0.2) is 0 Å². The molecule has 1 atom stereocenters. The first-order chi connectivity index (χ1) is 14.1. The fraction of sp³-hybridized carbons (Fsp3) is 0.826. The molecule has 2 aliphatic rings. The van der Waals surface area contributed by atoms with Crippen molar-refractivity contribution < 1.29 is 4.79 Å². The molecule has 0 radical (unpaired) electrons. The lowest BCUT2D eigenvalue weighted by Gasteiger charge is -2.31. The van der Waals surface area contributed by atoms with E-state index in [2.05, 4.69) is 51.9 Å². The molecule has 1 amide bonds. The summed E-state index contributed by atoms with van der Waals surface area (Å²) in [4.78, 5) is 17.3. The van der Waals surface area contributed by atoms with Crippen LogP contribution in [0.25, 0.3) is 0 Å². The van der Waals surface area contributed by atoms with Crippen LogP contribution in [0.3, 0.4) is 0 Å². The molecule has 2 fully saturated rings. The number of likely N-dealkylation sites (N-methyl/N-ethyl adjacent to an activating group) is 1. The summed E-state index contributed by atoms with van der Waals surface area (Å²) >= 11 is 0. The molecule has 0 saturated carbocycles. The van der Waals surface area contributed by atoms with Crippen LogP contribution in [-0.2, 0) is 17.9 Å². The monoisotopic (exact) mass is 403 g/mol. The molecular formula is C23H41N5O. The zero-order valence-corrected chi connectivity index (χ0v) is 18.8. The van der Waals surface area contributed by atoms with E-state index in [0.717, 1.165) is 52.1 Å². The third kappa shape index (κ3) is 6.54. The van der Waals surface area contributed by atoms with E-state index in [4.69, 9.17) is 0 Å². The Morgan fingerprint density at radius 1 is 1.21 bits per heavy atom. The van der Waals surface area contributed by atoms with Crippen molar-refractivity contribution in [2.75, 3.05) is 32.7 Å². The third-order valence-electron chi connectivity index (χ3n) is 6.82. The molecule has 0 bridgehead atoms. The van der Waals surface area contributed by atoms with Gasteiger partial charge in [0.15, 0.2) is 0 Å². The molecule has 1 unspecified atom stereocenters. The van der Waals surface area contributed by atoms with Crippen LogP contribution in [0.1, 0.15) is 70.1 Å². The van der Waals surface area contributed by atoms with Crippen LogP contribution in [0, 0.1) is 12.8 Å². The molecule has 164 valence electrons. The van der Waals surface area contributed by atoms with Gasteiger partial charge in [-0.15, -0.1) is 0 Å². The van der Waals surface area contributed by atoms with Crippen LogP contribution in [0.2, 0.25) is 0 Å². The minimum Gasteiger partial charge on any atom is -0.355 e. The van der Waals surface area contributed by atoms with E-state index in [1.165, 1.54) is 43.5 Å². The molecule has 2 aliphatic heterocycles. The van der Waals surface area contributed by atoms with E-state index in [1.807, 2.05) is 0 Å². The zero-order chi connectivity index (χ0) is 20.6. The molecule has 2 saturated heterocycles. The second-order valence-electron chi connectivity index (χ2n) is 8.99. The van der Waals surface area contributed by atoms with Crippen molar-refractivity contribution in [1.82, 2.24) is 24.9 Å². The van der Waals surface area contributed by atoms with Crippen LogP contribution >= 0.6 is 0 Å². The Balaban J connectivity index is 1.32. The maximum absolute atomic E-state index is 12.3. The molecule has 6 nitrogen and oxygen atoms in total. The van der Waals surface area contributed by atoms with Gasteiger partial charge >= 0.3 is 0 Å². The van der Waals surface area contributed by atoms with Gasteiger partial charge in [-0.3, -0.25) is 19.3 Å². The number of nitrogens with zero attached hydrogens (tertiary/aromatic N) is 4. The van der Waals surface area contributed by atoms with E-state index in [9.17, 15) is 4.79 Å². The minimum atomic E-state index is 0.245. The highest BCUT2D eigenvalue weighted by Gasteiger charge is 2.24. The van der Waals surface area contributed by atoms with Crippen molar-refractivity contribution in [3.63, 3.8) is 0 Å². The molecule has 6 heteroatoms. The number of nitrogens with one attached hydrogen (secondary N) is 1. The van der Waals surface area contributed by atoms with Crippen molar-refractivity contribution >= 4 is 5.91 Å². The van der Waals surface area contributed by atoms with Gasteiger partial charge in [0, 0.05) is 43.9 Å². The highest BCUT2D eigenvalue weighted by molar-refractivity contribution is 5.75. The summed E-state index contributed by atoms with van der Waals surface area (Å²) in [6.45, 7) is 13.9. The van der Waals surface area contributed by atoms with Crippen LogP contribution < -0.4 is 5.32 Å². The largest absolute Gasteiger partial charge is 0.355 e. The summed E-state index contributed by atoms with van der Waals surface area (Å²) in [6, 6.07) is 0.553. The van der Waals surface area contributed by atoms with E-state index >= 15 is 0 Å². The average Bonchev–Trinajstić information content (AvgIpc) is 3.32. The standard InChI is InChI=1S/C23H41N5O/c1-4-12-28-18-21(19(3)25-28)17-26-14-10-20(11-15-26)8-9-23(29)24-16-22-7-6-13-27(22)5-2/h18,20,22H,4-17H2,1-3H3,(H,24,29). The fourth-order valence-electron chi connectivity index (χ4n) is 4.93. The second kappa shape index (κ2) is 11.1. The molecular weight excluding hydrogens is 362 g/mol. The number of piperidine rings is 1. The van der Waals surface area contributed by atoms with Crippen molar-refractivity contribution in [3.8, 4) is 0 Å². The van der Waals surface area contributed by atoms with Gasteiger partial charge in [-0.05, 0) is 77.5 Å². The Kier molecular flexibility index (Phi) is 8.54. The molecule has 1 aromatic rings. The number of carbonyl (C=O) groups is 1. The van der Waals surface area contributed by atoms with E-state index in [-0.39, 0.29) is 5.91 Å². The predicted molar refractivity (Wildman–Crippen MR) is 118 cm³/mol. The summed E-state index contributed by atoms with van der Waals surface area (Å²) in [6.07, 6.45) is 9.98. The molecule has 1 aromatic heterocycles. The van der Waals surface area contributed by atoms with Gasteiger partial charge in [0.1, 0.15) is 0 Å². The number of aromatic nitrogens is 2. The fourth-order valence-corrected chi connectivity index (χ4v) is 4.93. The highest BCUT2D eigenvalue weighted by Crippen LogP contribution is 2.24. The molecule has 3 heterocycles. The molecule has 0 spiro atoms. The second-order valence-corrected chi connectivity index (χ2v) is 8.99. The quantitative estimate of drug-likeness (QED) is 0.652. The molecule has 0 aromatic carbocycles. The van der Waals surface area contributed by atoms with Gasteiger partial charge in [0.05, 0.1) is 5.69 Å². The van der Waals surface area contributed by atoms with Gasteiger partial charge < -0.3 is 5.32 Å². The number of rotatable bonds is 10. The average molecular weight is 404 g/mol. The van der Waals surface area contributed by atoms with Crippen LogP contribution in [0.15, 0.2) is 6.20 Å². The Labute approximate surface area is 177 Å².